The van der Waals surface area contributed by atoms with E-state index in [0.717, 1.165) is 0 Å². The van der Waals surface area contributed by atoms with Crippen molar-refractivity contribution < 1.29 is 94.4 Å². The third kappa shape index (κ3) is 12.7. The first-order chi connectivity index (χ1) is 12.8. The maximum atomic E-state index is 12.6. The minimum atomic E-state index is -4.08. The fourth-order valence-corrected chi connectivity index (χ4v) is 2.44. The number of esters is 3. The van der Waals surface area contributed by atoms with E-state index in [-0.39, 0.29) is 103 Å². The first-order valence-corrected chi connectivity index (χ1v) is 10.2. The second kappa shape index (κ2) is 14.4. The third-order valence-electron chi connectivity index (χ3n) is 3.80. The molecule has 0 aromatic heterocycles. The summed E-state index contributed by atoms with van der Waals surface area (Å²) in [5.41, 5.74) is -1.15. The summed E-state index contributed by atoms with van der Waals surface area (Å²) in [6.07, 6.45) is 0.437. The van der Waals surface area contributed by atoms with Gasteiger partial charge >= 0.3 is 69.3 Å². The number of hydrogen-bond donors (Lipinski definition) is 1. The molecule has 0 saturated heterocycles. The van der Waals surface area contributed by atoms with Crippen molar-refractivity contribution in [2.24, 2.45) is 5.41 Å². The molecule has 0 bridgehead atoms. The van der Waals surface area contributed by atoms with Crippen molar-refractivity contribution in [2.45, 2.75) is 40.0 Å². The SMILES string of the molecule is C=C(C)C(=O)OCC(CC)(COC(=O)C(=C)C)C(=O)OCCCCS(=O)(=O)O.[H-].[K+]. The zero-order valence-corrected chi connectivity index (χ0v) is 21.4. The summed E-state index contributed by atoms with van der Waals surface area (Å²) in [6, 6.07) is 0. The predicted molar refractivity (Wildman–Crippen MR) is 102 cm³/mol. The van der Waals surface area contributed by atoms with E-state index in [4.69, 9.17) is 18.8 Å². The summed E-state index contributed by atoms with van der Waals surface area (Å²) in [5, 5.41) is 0. The van der Waals surface area contributed by atoms with Gasteiger partial charge in [-0.25, -0.2) is 9.59 Å². The molecule has 11 heteroatoms. The van der Waals surface area contributed by atoms with Crippen LogP contribution in [0.2, 0.25) is 0 Å². The molecule has 0 rings (SSSR count). The largest absolute Gasteiger partial charge is 1.00 e. The Labute approximate surface area is 215 Å². The van der Waals surface area contributed by atoms with Gasteiger partial charge in [-0.15, -0.1) is 0 Å². The molecule has 0 aliphatic heterocycles. The van der Waals surface area contributed by atoms with Crippen molar-refractivity contribution in [3.05, 3.63) is 24.3 Å². The van der Waals surface area contributed by atoms with E-state index in [0.29, 0.717) is 0 Å². The van der Waals surface area contributed by atoms with E-state index in [1.54, 1.807) is 6.92 Å². The zero-order valence-electron chi connectivity index (χ0n) is 18.5. The summed E-state index contributed by atoms with van der Waals surface area (Å²) in [4.78, 5) is 36.0. The molecule has 1 N–H and O–H groups in total. The number of carbonyl (C=O) groups is 3. The second-order valence-electron chi connectivity index (χ2n) is 6.48. The molecule has 0 atom stereocenters. The van der Waals surface area contributed by atoms with E-state index in [1.807, 2.05) is 0 Å². The standard InChI is InChI=1S/C18H28O9S.K.H/c1-6-18(11-26-15(19)13(2)3,12-27-16(20)14(4)5)17(21)25-9-7-8-10-28(22,23)24;;/h2,4,6-12H2,1,3,5H3,(H,22,23,24);;/q;+1;-1. The summed E-state index contributed by atoms with van der Waals surface area (Å²) in [6.45, 7) is 10.6. The van der Waals surface area contributed by atoms with Gasteiger partial charge in [0.2, 0.25) is 0 Å². The van der Waals surface area contributed by atoms with Crippen LogP contribution in [-0.2, 0) is 38.7 Å². The summed E-state index contributed by atoms with van der Waals surface area (Å²) in [5.74, 6) is -2.61. The van der Waals surface area contributed by atoms with Crippen LogP contribution in [0.25, 0.3) is 0 Å². The zero-order chi connectivity index (χ0) is 22.0. The fourth-order valence-electron chi connectivity index (χ4n) is 1.87. The monoisotopic (exact) mass is 460 g/mol. The van der Waals surface area contributed by atoms with Crippen LogP contribution in [0.3, 0.4) is 0 Å². The van der Waals surface area contributed by atoms with Crippen LogP contribution in [0.15, 0.2) is 24.3 Å². The molecular formula is C18H29KO9S. The summed E-state index contributed by atoms with van der Waals surface area (Å²) in [7, 11) is -4.08. The van der Waals surface area contributed by atoms with Crippen LogP contribution in [0.1, 0.15) is 41.5 Å². The Morgan fingerprint density at radius 3 is 1.76 bits per heavy atom. The van der Waals surface area contributed by atoms with Gasteiger partial charge in [-0.2, -0.15) is 8.42 Å². The van der Waals surface area contributed by atoms with Gasteiger partial charge in [0.1, 0.15) is 18.6 Å². The molecular weight excluding hydrogens is 431 g/mol. The molecule has 162 valence electrons. The molecule has 0 unspecified atom stereocenters. The van der Waals surface area contributed by atoms with Crippen LogP contribution in [0.5, 0.6) is 0 Å². The van der Waals surface area contributed by atoms with Crippen molar-refractivity contribution >= 4 is 28.0 Å². The van der Waals surface area contributed by atoms with Gasteiger partial charge in [0.25, 0.3) is 10.1 Å². The maximum absolute atomic E-state index is 12.6. The number of ether oxygens (including phenoxy) is 3. The molecule has 0 aromatic carbocycles. The van der Waals surface area contributed by atoms with E-state index in [1.165, 1.54) is 13.8 Å². The maximum Gasteiger partial charge on any atom is 1.00 e. The average molecular weight is 461 g/mol. The molecule has 0 amide bonds. The Kier molecular flexibility index (Phi) is 15.3. The molecule has 0 fully saturated rings. The minimum absolute atomic E-state index is 0. The molecule has 0 saturated carbocycles. The van der Waals surface area contributed by atoms with Crippen LogP contribution in [-0.4, -0.2) is 56.5 Å². The van der Waals surface area contributed by atoms with E-state index in [9.17, 15) is 22.8 Å². The Morgan fingerprint density at radius 2 is 1.41 bits per heavy atom. The summed E-state index contributed by atoms with van der Waals surface area (Å²) >= 11 is 0. The van der Waals surface area contributed by atoms with E-state index < -0.39 is 39.2 Å². The molecule has 0 radical (unpaired) electrons. The van der Waals surface area contributed by atoms with Gasteiger partial charge in [0.05, 0.1) is 12.4 Å². The van der Waals surface area contributed by atoms with Crippen molar-refractivity contribution in [2.75, 3.05) is 25.6 Å². The van der Waals surface area contributed by atoms with Crippen molar-refractivity contribution in [3.8, 4) is 0 Å². The van der Waals surface area contributed by atoms with Crippen LogP contribution in [0.4, 0.5) is 0 Å². The van der Waals surface area contributed by atoms with Gasteiger partial charge in [-0.3, -0.25) is 9.35 Å². The molecule has 29 heavy (non-hydrogen) atoms. The smallest absolute Gasteiger partial charge is 1.00 e. The van der Waals surface area contributed by atoms with E-state index in [2.05, 4.69) is 13.2 Å². The van der Waals surface area contributed by atoms with Gasteiger partial charge < -0.3 is 15.6 Å². The number of unbranched alkanes of at least 4 members (excludes halogenated alkanes) is 1. The Hall–Kier alpha value is -0.564. The molecule has 0 heterocycles. The molecule has 0 aliphatic carbocycles. The minimum Gasteiger partial charge on any atom is -1.00 e. The normalized spacial score (nSPS) is 11.0. The predicted octanol–water partition coefficient (Wildman–Crippen LogP) is -1.05. The Morgan fingerprint density at radius 1 is 0.966 bits per heavy atom. The number of carbonyl (C=O) groups excluding carboxylic acids is 3. The van der Waals surface area contributed by atoms with Crippen LogP contribution < -0.4 is 51.4 Å². The first-order valence-electron chi connectivity index (χ1n) is 8.62. The van der Waals surface area contributed by atoms with Crippen LogP contribution >= 0.6 is 0 Å². The second-order valence-corrected chi connectivity index (χ2v) is 8.05. The summed E-state index contributed by atoms with van der Waals surface area (Å²) < 4.78 is 45.4. The van der Waals surface area contributed by atoms with Gasteiger partial charge in [-0.1, -0.05) is 20.1 Å². The quantitative estimate of drug-likeness (QED) is 0.0912. The molecule has 0 spiro atoms. The van der Waals surface area contributed by atoms with Crippen molar-refractivity contribution in [1.29, 1.82) is 0 Å². The third-order valence-corrected chi connectivity index (χ3v) is 4.60. The number of hydrogen-bond acceptors (Lipinski definition) is 8. The number of rotatable bonds is 13. The van der Waals surface area contributed by atoms with Crippen LogP contribution in [0, 0.1) is 5.41 Å². The molecule has 0 aliphatic rings. The topological polar surface area (TPSA) is 133 Å². The van der Waals surface area contributed by atoms with E-state index >= 15 is 0 Å². The van der Waals surface area contributed by atoms with Crippen molar-refractivity contribution in [3.63, 3.8) is 0 Å². The average Bonchev–Trinajstić information content (AvgIpc) is 2.59. The Bertz CT molecular complexity index is 689. The first kappa shape index (κ1) is 30.6. The molecule has 9 nitrogen and oxygen atoms in total. The van der Waals surface area contributed by atoms with Gasteiger partial charge in [0.15, 0.2) is 0 Å². The molecule has 0 aromatic rings. The fraction of sp³-hybridized carbons (Fsp3) is 0.611. The van der Waals surface area contributed by atoms with Gasteiger partial charge in [-0.05, 0) is 33.1 Å². The Balaban J connectivity index is -0.00000364. The van der Waals surface area contributed by atoms with Crippen molar-refractivity contribution in [1.82, 2.24) is 0 Å². The van der Waals surface area contributed by atoms with Gasteiger partial charge in [0, 0.05) is 11.1 Å².